The number of piperidine rings is 1. The zero-order valence-electron chi connectivity index (χ0n) is 10.6. The van der Waals surface area contributed by atoms with E-state index in [1.54, 1.807) is 0 Å². The summed E-state index contributed by atoms with van der Waals surface area (Å²) >= 11 is 1.42. The first-order valence-corrected chi connectivity index (χ1v) is 7.26. The molecule has 5 heteroatoms. The maximum Gasteiger partial charge on any atom is 0.147 e. The lowest BCUT2D eigenvalue weighted by Gasteiger charge is -2.31. The molecule has 1 unspecified atom stereocenters. The van der Waals surface area contributed by atoms with Crippen LogP contribution in [-0.4, -0.2) is 28.7 Å². The summed E-state index contributed by atoms with van der Waals surface area (Å²) in [5, 5.41) is 10.9. The van der Waals surface area contributed by atoms with Gasteiger partial charge >= 0.3 is 0 Å². The van der Waals surface area contributed by atoms with Crippen molar-refractivity contribution >= 4 is 22.4 Å². The first kappa shape index (κ1) is 12.4. The number of aliphatic hydroxyl groups excluding tert-OH is 1. The quantitative estimate of drug-likeness (QED) is 0.883. The molecule has 0 aliphatic carbocycles. The van der Waals surface area contributed by atoms with Crippen molar-refractivity contribution in [1.82, 2.24) is 4.37 Å². The number of nitrogens with zero attached hydrogens (tertiary/aromatic N) is 2. The molecule has 1 fully saturated rings. The van der Waals surface area contributed by atoms with Crippen LogP contribution in [0.5, 0.6) is 0 Å². The van der Waals surface area contributed by atoms with Gasteiger partial charge < -0.3 is 15.7 Å². The molecule has 4 nitrogen and oxygen atoms in total. The van der Waals surface area contributed by atoms with Gasteiger partial charge in [-0.25, -0.2) is 0 Å². The van der Waals surface area contributed by atoms with Gasteiger partial charge in [-0.2, -0.15) is 4.37 Å². The highest BCUT2D eigenvalue weighted by Gasteiger charge is 2.24. The number of aliphatic hydroxyl groups is 1. The number of β-amino-alcohol motifs (C(OH)–C–C–N with tert-alkyl or cyclic N) is 1. The van der Waals surface area contributed by atoms with Crippen molar-refractivity contribution in [3.63, 3.8) is 0 Å². The van der Waals surface area contributed by atoms with E-state index in [2.05, 4.69) is 9.27 Å². The van der Waals surface area contributed by atoms with Crippen LogP contribution in [-0.2, 0) is 0 Å². The van der Waals surface area contributed by atoms with E-state index in [9.17, 15) is 5.11 Å². The van der Waals surface area contributed by atoms with Crippen LogP contribution in [0.15, 0.2) is 30.3 Å². The highest BCUT2D eigenvalue weighted by atomic mass is 32.1. The molecule has 1 aliphatic rings. The van der Waals surface area contributed by atoms with Crippen LogP contribution in [0.1, 0.15) is 12.8 Å². The van der Waals surface area contributed by atoms with Crippen molar-refractivity contribution in [2.75, 3.05) is 23.7 Å². The minimum Gasteiger partial charge on any atom is -0.391 e. The SMILES string of the molecule is Nc1nsc(N2CCCC(O)C2)c1-c1ccccc1. The Morgan fingerprint density at radius 2 is 2.11 bits per heavy atom. The molecule has 0 radical (unpaired) electrons. The second-order valence-electron chi connectivity index (χ2n) is 4.86. The van der Waals surface area contributed by atoms with Crippen molar-refractivity contribution < 1.29 is 5.11 Å². The summed E-state index contributed by atoms with van der Waals surface area (Å²) in [5.74, 6) is 0.575. The van der Waals surface area contributed by atoms with Crippen LogP contribution in [0.4, 0.5) is 10.8 Å². The molecule has 19 heavy (non-hydrogen) atoms. The third-order valence-corrected chi connectivity index (χ3v) is 4.37. The van der Waals surface area contributed by atoms with E-state index in [1.165, 1.54) is 11.5 Å². The van der Waals surface area contributed by atoms with Crippen LogP contribution < -0.4 is 10.6 Å². The third-order valence-electron chi connectivity index (χ3n) is 3.45. The lowest BCUT2D eigenvalue weighted by Crippen LogP contribution is -2.38. The van der Waals surface area contributed by atoms with Crippen LogP contribution in [0.2, 0.25) is 0 Å². The molecule has 3 N–H and O–H groups in total. The van der Waals surface area contributed by atoms with Crippen LogP contribution in [0.25, 0.3) is 11.1 Å². The van der Waals surface area contributed by atoms with E-state index in [-0.39, 0.29) is 6.10 Å². The van der Waals surface area contributed by atoms with E-state index >= 15 is 0 Å². The smallest absolute Gasteiger partial charge is 0.147 e. The maximum absolute atomic E-state index is 9.82. The summed E-state index contributed by atoms with van der Waals surface area (Å²) in [4.78, 5) is 2.20. The third kappa shape index (κ3) is 2.43. The molecular formula is C14H17N3OS. The number of benzene rings is 1. The molecule has 2 aromatic rings. The predicted molar refractivity (Wildman–Crippen MR) is 79.4 cm³/mol. The number of hydrogen-bond donors (Lipinski definition) is 2. The van der Waals surface area contributed by atoms with Gasteiger partial charge in [0, 0.05) is 13.1 Å². The molecule has 0 bridgehead atoms. The van der Waals surface area contributed by atoms with Crippen LogP contribution >= 0.6 is 11.5 Å². The molecule has 1 aromatic heterocycles. The Labute approximate surface area is 116 Å². The molecule has 1 atom stereocenters. The number of aromatic nitrogens is 1. The molecule has 0 spiro atoms. The van der Waals surface area contributed by atoms with Gasteiger partial charge in [0.15, 0.2) is 0 Å². The average Bonchev–Trinajstić information content (AvgIpc) is 2.82. The Morgan fingerprint density at radius 3 is 2.84 bits per heavy atom. The molecule has 1 aliphatic heterocycles. The first-order chi connectivity index (χ1) is 9.25. The number of nitrogen functional groups attached to an aromatic ring is 1. The Hall–Kier alpha value is -1.59. The lowest BCUT2D eigenvalue weighted by molar-refractivity contribution is 0.154. The van der Waals surface area contributed by atoms with Gasteiger partial charge in [-0.3, -0.25) is 0 Å². The zero-order chi connectivity index (χ0) is 13.2. The van der Waals surface area contributed by atoms with E-state index in [0.717, 1.165) is 35.5 Å². The Kier molecular flexibility index (Phi) is 3.40. The Morgan fingerprint density at radius 1 is 1.32 bits per heavy atom. The van der Waals surface area contributed by atoms with Gasteiger partial charge in [-0.1, -0.05) is 30.3 Å². The van der Waals surface area contributed by atoms with Crippen molar-refractivity contribution in [1.29, 1.82) is 0 Å². The van der Waals surface area contributed by atoms with Crippen molar-refractivity contribution in [3.8, 4) is 11.1 Å². The second-order valence-corrected chi connectivity index (χ2v) is 5.61. The largest absolute Gasteiger partial charge is 0.391 e. The van der Waals surface area contributed by atoms with Gasteiger partial charge in [-0.05, 0) is 29.9 Å². The van der Waals surface area contributed by atoms with Crippen molar-refractivity contribution in [2.45, 2.75) is 18.9 Å². The van der Waals surface area contributed by atoms with E-state index in [4.69, 9.17) is 5.73 Å². The van der Waals surface area contributed by atoms with Gasteiger partial charge in [0.2, 0.25) is 0 Å². The molecule has 1 saturated heterocycles. The topological polar surface area (TPSA) is 62.4 Å². The summed E-state index contributed by atoms with van der Waals surface area (Å²) in [6, 6.07) is 10.1. The summed E-state index contributed by atoms with van der Waals surface area (Å²) in [7, 11) is 0. The monoisotopic (exact) mass is 275 g/mol. The second kappa shape index (κ2) is 5.19. The summed E-state index contributed by atoms with van der Waals surface area (Å²) in [5.41, 5.74) is 8.11. The normalized spacial score (nSPS) is 19.6. The fourth-order valence-electron chi connectivity index (χ4n) is 2.52. The van der Waals surface area contributed by atoms with Gasteiger partial charge in [0.1, 0.15) is 10.8 Å². The van der Waals surface area contributed by atoms with E-state index in [1.807, 2.05) is 30.3 Å². The van der Waals surface area contributed by atoms with E-state index < -0.39 is 0 Å². The summed E-state index contributed by atoms with van der Waals surface area (Å²) in [6.45, 7) is 1.62. The fraction of sp³-hybridized carbons (Fsp3) is 0.357. The molecule has 2 heterocycles. The van der Waals surface area contributed by atoms with Crippen LogP contribution in [0, 0.1) is 0 Å². The minimum atomic E-state index is -0.249. The summed E-state index contributed by atoms with van der Waals surface area (Å²) in [6.07, 6.45) is 1.64. The predicted octanol–water partition coefficient (Wildman–Crippen LogP) is 2.35. The minimum absolute atomic E-state index is 0.249. The molecule has 100 valence electrons. The fourth-order valence-corrected chi connectivity index (χ4v) is 3.40. The number of hydrogen-bond acceptors (Lipinski definition) is 5. The molecule has 0 saturated carbocycles. The molecule has 3 rings (SSSR count). The number of rotatable bonds is 2. The van der Waals surface area contributed by atoms with Gasteiger partial charge in [-0.15, -0.1) is 0 Å². The number of anilines is 2. The van der Waals surface area contributed by atoms with Crippen molar-refractivity contribution in [3.05, 3.63) is 30.3 Å². The first-order valence-electron chi connectivity index (χ1n) is 6.49. The average molecular weight is 275 g/mol. The van der Waals surface area contributed by atoms with E-state index in [0.29, 0.717) is 12.4 Å². The zero-order valence-corrected chi connectivity index (χ0v) is 11.4. The maximum atomic E-state index is 9.82. The molecule has 1 aromatic carbocycles. The Balaban J connectivity index is 1.99. The Bertz CT molecular complexity index is 555. The standard InChI is InChI=1S/C14H17N3OS/c15-13-12(10-5-2-1-3-6-10)14(19-16-13)17-8-4-7-11(18)9-17/h1-3,5-6,11,18H,4,7-9H2,(H2,15,16). The molecule has 0 amide bonds. The van der Waals surface area contributed by atoms with Crippen LogP contribution in [0.3, 0.4) is 0 Å². The molecular weight excluding hydrogens is 258 g/mol. The number of nitrogens with two attached hydrogens (primary N) is 1. The summed E-state index contributed by atoms with van der Waals surface area (Å²) < 4.78 is 4.29. The van der Waals surface area contributed by atoms with Gasteiger partial charge in [0.25, 0.3) is 0 Å². The van der Waals surface area contributed by atoms with Crippen molar-refractivity contribution in [2.24, 2.45) is 0 Å². The van der Waals surface area contributed by atoms with Gasteiger partial charge in [0.05, 0.1) is 11.7 Å². The highest BCUT2D eigenvalue weighted by Crippen LogP contribution is 2.40. The lowest BCUT2D eigenvalue weighted by atomic mass is 10.1. The highest BCUT2D eigenvalue weighted by molar-refractivity contribution is 7.11.